The first-order valence-electron chi connectivity index (χ1n) is 9.33. The van der Waals surface area contributed by atoms with Crippen LogP contribution in [0.25, 0.3) is 0 Å². The number of thiazole rings is 1. The van der Waals surface area contributed by atoms with Gasteiger partial charge in [0.05, 0.1) is 10.7 Å². The molecule has 2 aromatic rings. The molecule has 1 amide bonds. The number of guanidine groups is 1. The van der Waals surface area contributed by atoms with Crippen LogP contribution in [0.15, 0.2) is 29.3 Å². The summed E-state index contributed by atoms with van der Waals surface area (Å²) in [5.41, 5.74) is 3.26. The lowest BCUT2D eigenvalue weighted by molar-refractivity contribution is -0.117. The summed E-state index contributed by atoms with van der Waals surface area (Å²) < 4.78 is 0. The summed E-state index contributed by atoms with van der Waals surface area (Å²) in [4.78, 5) is 23.8. The molecule has 0 unspecified atom stereocenters. The molecule has 0 atom stereocenters. The Morgan fingerprint density at radius 2 is 2.04 bits per heavy atom. The fraction of sp³-hybridized carbons (Fsp3) is 0.450. The van der Waals surface area contributed by atoms with Crippen LogP contribution < -0.4 is 15.5 Å². The van der Waals surface area contributed by atoms with Gasteiger partial charge >= 0.3 is 0 Å². The van der Waals surface area contributed by atoms with Crippen LogP contribution in [0.1, 0.15) is 34.0 Å². The molecule has 0 bridgehead atoms. The van der Waals surface area contributed by atoms with Gasteiger partial charge in [-0.15, -0.1) is 11.3 Å². The standard InChI is InChI=1S/C20H27N5OS/c1-14-18(27-15(2)24-14)10-11-22-20(21-3)23-13-16-6-8-17(9-7-16)25-12-4-5-19(25)26/h6-9H,4-5,10-13H2,1-3H3,(H2,21,22,23). The monoisotopic (exact) mass is 385 g/mol. The smallest absolute Gasteiger partial charge is 0.227 e. The molecule has 27 heavy (non-hydrogen) atoms. The summed E-state index contributed by atoms with van der Waals surface area (Å²) in [6, 6.07) is 8.16. The molecule has 2 N–H and O–H groups in total. The van der Waals surface area contributed by atoms with Crippen LogP contribution in [-0.2, 0) is 17.8 Å². The molecule has 1 aromatic heterocycles. The molecule has 1 aromatic carbocycles. The molecule has 0 saturated carbocycles. The number of aliphatic imine (C=N–C) groups is 1. The average Bonchev–Trinajstić information content (AvgIpc) is 3.23. The van der Waals surface area contributed by atoms with Crippen LogP contribution in [0.3, 0.4) is 0 Å². The van der Waals surface area contributed by atoms with E-state index in [0.29, 0.717) is 13.0 Å². The average molecular weight is 386 g/mol. The fourth-order valence-corrected chi connectivity index (χ4v) is 4.16. The SMILES string of the molecule is CN=C(NCCc1sc(C)nc1C)NCc1ccc(N2CCCC2=O)cc1. The van der Waals surface area contributed by atoms with E-state index < -0.39 is 0 Å². The minimum Gasteiger partial charge on any atom is -0.356 e. The predicted octanol–water partition coefficient (Wildman–Crippen LogP) is 2.79. The minimum absolute atomic E-state index is 0.219. The topological polar surface area (TPSA) is 69.6 Å². The van der Waals surface area contributed by atoms with Crippen molar-refractivity contribution in [3.8, 4) is 0 Å². The summed E-state index contributed by atoms with van der Waals surface area (Å²) >= 11 is 1.76. The van der Waals surface area contributed by atoms with E-state index >= 15 is 0 Å². The zero-order valence-corrected chi connectivity index (χ0v) is 17.0. The molecule has 2 heterocycles. The molecule has 1 aliphatic heterocycles. The Morgan fingerprint density at radius 1 is 1.26 bits per heavy atom. The van der Waals surface area contributed by atoms with Crippen molar-refractivity contribution in [2.45, 2.75) is 39.7 Å². The maximum Gasteiger partial charge on any atom is 0.227 e. The Balaban J connectivity index is 1.46. The number of hydrogen-bond donors (Lipinski definition) is 2. The molecule has 1 fully saturated rings. The van der Waals surface area contributed by atoms with Gasteiger partial charge in [0.15, 0.2) is 5.96 Å². The normalized spacial score (nSPS) is 14.7. The van der Waals surface area contributed by atoms with Crippen molar-refractivity contribution < 1.29 is 4.79 Å². The molecule has 0 aliphatic carbocycles. The van der Waals surface area contributed by atoms with Crippen LogP contribution in [0.5, 0.6) is 0 Å². The number of carbonyl (C=O) groups excluding carboxylic acids is 1. The molecule has 3 rings (SSSR count). The maximum absolute atomic E-state index is 11.8. The van der Waals surface area contributed by atoms with Gasteiger partial charge < -0.3 is 15.5 Å². The summed E-state index contributed by atoms with van der Waals surface area (Å²) in [5, 5.41) is 7.80. The van der Waals surface area contributed by atoms with E-state index in [9.17, 15) is 4.79 Å². The fourth-order valence-electron chi connectivity index (χ4n) is 3.22. The predicted molar refractivity (Wildman–Crippen MR) is 112 cm³/mol. The van der Waals surface area contributed by atoms with Gasteiger partial charge in [0.25, 0.3) is 0 Å². The van der Waals surface area contributed by atoms with E-state index in [0.717, 1.165) is 53.8 Å². The molecule has 0 spiro atoms. The van der Waals surface area contributed by atoms with Crippen molar-refractivity contribution >= 4 is 28.9 Å². The van der Waals surface area contributed by atoms with Crippen molar-refractivity contribution in [2.24, 2.45) is 4.99 Å². The lowest BCUT2D eigenvalue weighted by atomic mass is 10.2. The third-order valence-corrected chi connectivity index (χ3v) is 5.78. The van der Waals surface area contributed by atoms with E-state index in [-0.39, 0.29) is 5.91 Å². The summed E-state index contributed by atoms with van der Waals surface area (Å²) in [5.74, 6) is 1.00. The van der Waals surface area contributed by atoms with Gasteiger partial charge in [-0.05, 0) is 38.0 Å². The lowest BCUT2D eigenvalue weighted by Gasteiger charge is -2.16. The van der Waals surface area contributed by atoms with Crippen molar-refractivity contribution in [1.29, 1.82) is 0 Å². The number of nitrogens with zero attached hydrogens (tertiary/aromatic N) is 3. The second kappa shape index (κ2) is 8.99. The Labute approximate surface area is 164 Å². The molecule has 1 aliphatic rings. The van der Waals surface area contributed by atoms with Crippen LogP contribution in [0.2, 0.25) is 0 Å². The van der Waals surface area contributed by atoms with Crippen molar-refractivity contribution in [2.75, 3.05) is 25.0 Å². The number of aryl methyl sites for hydroxylation is 2. The molecule has 1 saturated heterocycles. The van der Waals surface area contributed by atoms with E-state index in [4.69, 9.17) is 0 Å². The number of benzene rings is 1. The van der Waals surface area contributed by atoms with E-state index in [1.165, 1.54) is 4.88 Å². The van der Waals surface area contributed by atoms with E-state index in [1.54, 1.807) is 18.4 Å². The third kappa shape index (κ3) is 5.07. The lowest BCUT2D eigenvalue weighted by Crippen LogP contribution is -2.37. The molecule has 7 heteroatoms. The summed E-state index contributed by atoms with van der Waals surface area (Å²) in [6.45, 7) is 6.43. The highest BCUT2D eigenvalue weighted by Gasteiger charge is 2.21. The first-order valence-corrected chi connectivity index (χ1v) is 10.1. The largest absolute Gasteiger partial charge is 0.356 e. The van der Waals surface area contributed by atoms with Gasteiger partial charge in [0, 0.05) is 50.1 Å². The zero-order valence-electron chi connectivity index (χ0n) is 16.2. The second-order valence-corrected chi connectivity index (χ2v) is 7.95. The molecular formula is C20H27N5OS. The quantitative estimate of drug-likeness (QED) is 0.593. The first kappa shape index (κ1) is 19.4. The summed E-state index contributed by atoms with van der Waals surface area (Å²) in [7, 11) is 1.78. The number of nitrogens with one attached hydrogen (secondary N) is 2. The Bertz CT molecular complexity index is 812. The Morgan fingerprint density at radius 3 is 2.63 bits per heavy atom. The van der Waals surface area contributed by atoms with Crippen molar-refractivity contribution in [1.82, 2.24) is 15.6 Å². The van der Waals surface area contributed by atoms with E-state index in [1.807, 2.05) is 24.0 Å². The molecule has 0 radical (unpaired) electrons. The summed E-state index contributed by atoms with van der Waals surface area (Å²) in [6.07, 6.45) is 2.55. The third-order valence-electron chi connectivity index (χ3n) is 4.65. The molecular weight excluding hydrogens is 358 g/mol. The Hall–Kier alpha value is -2.41. The van der Waals surface area contributed by atoms with Crippen LogP contribution in [0, 0.1) is 13.8 Å². The highest BCUT2D eigenvalue weighted by molar-refractivity contribution is 7.11. The molecule has 144 valence electrons. The van der Waals surface area contributed by atoms with Crippen molar-refractivity contribution in [3.63, 3.8) is 0 Å². The number of amides is 1. The maximum atomic E-state index is 11.8. The number of anilines is 1. The number of carbonyl (C=O) groups is 1. The van der Waals surface area contributed by atoms with Crippen molar-refractivity contribution in [3.05, 3.63) is 45.4 Å². The van der Waals surface area contributed by atoms with Gasteiger partial charge in [-0.1, -0.05) is 12.1 Å². The van der Waals surface area contributed by atoms with Gasteiger partial charge in [-0.2, -0.15) is 0 Å². The zero-order chi connectivity index (χ0) is 19.2. The number of rotatable bonds is 6. The van der Waals surface area contributed by atoms with Crippen LogP contribution in [-0.4, -0.2) is 37.0 Å². The van der Waals surface area contributed by atoms with E-state index in [2.05, 4.69) is 39.7 Å². The minimum atomic E-state index is 0.219. The number of aromatic nitrogens is 1. The highest BCUT2D eigenvalue weighted by Crippen LogP contribution is 2.21. The van der Waals surface area contributed by atoms with Gasteiger partial charge in [-0.3, -0.25) is 9.79 Å². The second-order valence-electron chi connectivity index (χ2n) is 6.66. The number of hydrogen-bond acceptors (Lipinski definition) is 4. The van der Waals surface area contributed by atoms with Gasteiger partial charge in [-0.25, -0.2) is 4.98 Å². The van der Waals surface area contributed by atoms with Gasteiger partial charge in [0.2, 0.25) is 5.91 Å². The highest BCUT2D eigenvalue weighted by atomic mass is 32.1. The Kier molecular flexibility index (Phi) is 6.45. The van der Waals surface area contributed by atoms with Crippen LogP contribution in [0.4, 0.5) is 5.69 Å². The first-order chi connectivity index (χ1) is 13.1. The molecule has 6 nitrogen and oxygen atoms in total. The van der Waals surface area contributed by atoms with Crippen LogP contribution >= 0.6 is 11.3 Å². The van der Waals surface area contributed by atoms with Gasteiger partial charge in [0.1, 0.15) is 0 Å².